The lowest BCUT2D eigenvalue weighted by Gasteiger charge is -2.06. The minimum absolute atomic E-state index is 0.0170. The molecule has 0 fully saturated rings. The van der Waals surface area contributed by atoms with Crippen molar-refractivity contribution in [3.8, 4) is 23.0 Å². The van der Waals surface area contributed by atoms with Crippen LogP contribution in [0.4, 0.5) is 0 Å². The van der Waals surface area contributed by atoms with E-state index in [2.05, 4.69) is 15.3 Å². The Morgan fingerprint density at radius 2 is 1.65 bits per heavy atom. The first-order valence-electron chi connectivity index (χ1n) is 8.18. The molecule has 0 saturated heterocycles. The largest absolute Gasteiger partial charge is 0.438 e. The molecule has 0 saturated carbocycles. The Bertz CT molecular complexity index is 1080. The summed E-state index contributed by atoms with van der Waals surface area (Å²) in [6, 6.07) is 18.5. The van der Waals surface area contributed by atoms with Crippen molar-refractivity contribution in [3.05, 3.63) is 71.8 Å². The number of carbonyl (C=O) groups is 1. The van der Waals surface area contributed by atoms with E-state index in [1.807, 2.05) is 31.2 Å². The van der Waals surface area contributed by atoms with Crippen LogP contribution in [0, 0.1) is 6.92 Å². The van der Waals surface area contributed by atoms with Crippen LogP contribution in [0.2, 0.25) is 0 Å². The summed E-state index contributed by atoms with van der Waals surface area (Å²) in [5, 5.41) is 12.9. The van der Waals surface area contributed by atoms with Crippen molar-refractivity contribution >= 4 is 11.4 Å². The molecule has 4 rings (SSSR count). The predicted octanol–water partition coefficient (Wildman–Crippen LogP) is 4.09. The number of fused-ring (bicyclic) bond motifs is 1. The molecule has 0 N–H and O–H groups in total. The van der Waals surface area contributed by atoms with Crippen LogP contribution in [0.15, 0.2) is 60.7 Å². The number of rotatable bonds is 4. The second-order valence-corrected chi connectivity index (χ2v) is 6.01. The Morgan fingerprint density at radius 1 is 0.923 bits per heavy atom. The van der Waals surface area contributed by atoms with Gasteiger partial charge in [-0.15, -0.1) is 15.3 Å². The van der Waals surface area contributed by atoms with Crippen LogP contribution in [0.5, 0.6) is 11.6 Å². The summed E-state index contributed by atoms with van der Waals surface area (Å²) in [5.74, 6) is 1.69. The van der Waals surface area contributed by atoms with Gasteiger partial charge in [-0.1, -0.05) is 29.8 Å². The highest BCUT2D eigenvalue weighted by atomic mass is 16.5. The van der Waals surface area contributed by atoms with E-state index in [1.54, 1.807) is 40.9 Å². The molecular formula is C20H16N4O2. The van der Waals surface area contributed by atoms with Gasteiger partial charge < -0.3 is 4.74 Å². The molecule has 0 aliphatic rings. The molecule has 2 aromatic carbocycles. The van der Waals surface area contributed by atoms with Crippen molar-refractivity contribution in [1.29, 1.82) is 0 Å². The van der Waals surface area contributed by atoms with Crippen molar-refractivity contribution in [3.63, 3.8) is 0 Å². The summed E-state index contributed by atoms with van der Waals surface area (Å²) < 4.78 is 7.46. The molecule has 0 amide bonds. The second kappa shape index (κ2) is 6.40. The molecule has 0 aliphatic carbocycles. The lowest BCUT2D eigenvalue weighted by molar-refractivity contribution is 0.101. The van der Waals surface area contributed by atoms with Crippen LogP contribution in [-0.4, -0.2) is 25.6 Å². The number of hydrogen-bond donors (Lipinski definition) is 0. The van der Waals surface area contributed by atoms with Crippen LogP contribution in [0.3, 0.4) is 0 Å². The number of nitrogens with zero attached hydrogens (tertiary/aromatic N) is 4. The molecule has 128 valence electrons. The van der Waals surface area contributed by atoms with Crippen LogP contribution >= 0.6 is 0 Å². The third-order valence-electron chi connectivity index (χ3n) is 4.03. The summed E-state index contributed by atoms with van der Waals surface area (Å²) in [5.41, 5.74) is 3.38. The van der Waals surface area contributed by atoms with E-state index in [1.165, 1.54) is 12.5 Å². The minimum atomic E-state index is 0.0170. The number of ketones is 1. The van der Waals surface area contributed by atoms with E-state index in [0.29, 0.717) is 28.7 Å². The Morgan fingerprint density at radius 3 is 2.35 bits per heavy atom. The van der Waals surface area contributed by atoms with Crippen molar-refractivity contribution in [2.45, 2.75) is 13.8 Å². The quantitative estimate of drug-likeness (QED) is 0.521. The molecule has 2 heterocycles. The zero-order chi connectivity index (χ0) is 18.1. The molecule has 6 heteroatoms. The molecule has 0 radical (unpaired) electrons. The highest BCUT2D eigenvalue weighted by Gasteiger charge is 2.11. The number of Topliss-reactive ketones (excluding diaryl/α,β-unsaturated/α-hetero) is 1. The number of carbonyl (C=O) groups excluding carboxylic acids is 1. The topological polar surface area (TPSA) is 69.4 Å². The van der Waals surface area contributed by atoms with E-state index >= 15 is 0 Å². The van der Waals surface area contributed by atoms with Crippen LogP contribution in [0.25, 0.3) is 17.0 Å². The van der Waals surface area contributed by atoms with Gasteiger partial charge >= 0.3 is 0 Å². The number of benzene rings is 2. The van der Waals surface area contributed by atoms with Crippen molar-refractivity contribution in [2.75, 3.05) is 0 Å². The summed E-state index contributed by atoms with van der Waals surface area (Å²) in [6.07, 6.45) is 0. The molecule has 0 spiro atoms. The van der Waals surface area contributed by atoms with Crippen molar-refractivity contribution in [2.24, 2.45) is 0 Å². The normalized spacial score (nSPS) is 10.8. The number of hydrogen-bond acceptors (Lipinski definition) is 5. The zero-order valence-corrected chi connectivity index (χ0v) is 14.4. The second-order valence-electron chi connectivity index (χ2n) is 6.01. The maximum atomic E-state index is 11.4. The van der Waals surface area contributed by atoms with E-state index in [4.69, 9.17) is 4.74 Å². The molecule has 26 heavy (non-hydrogen) atoms. The monoisotopic (exact) mass is 344 g/mol. The van der Waals surface area contributed by atoms with Gasteiger partial charge in [-0.2, -0.15) is 4.52 Å². The molecule has 4 aromatic rings. The van der Waals surface area contributed by atoms with Gasteiger partial charge in [-0.25, -0.2) is 0 Å². The number of aromatic nitrogens is 4. The highest BCUT2D eigenvalue weighted by Crippen LogP contribution is 2.23. The lowest BCUT2D eigenvalue weighted by atomic mass is 10.1. The van der Waals surface area contributed by atoms with Crippen LogP contribution in [0.1, 0.15) is 22.8 Å². The first-order chi connectivity index (χ1) is 12.6. The Labute approximate surface area is 150 Å². The molecule has 6 nitrogen and oxygen atoms in total. The molecule has 0 unspecified atom stereocenters. The average molecular weight is 344 g/mol. The molecule has 0 bridgehead atoms. The average Bonchev–Trinajstić information content (AvgIpc) is 3.06. The van der Waals surface area contributed by atoms with E-state index in [0.717, 1.165) is 5.56 Å². The fraction of sp³-hybridized carbons (Fsp3) is 0.100. The first-order valence-corrected chi connectivity index (χ1v) is 8.18. The van der Waals surface area contributed by atoms with E-state index in [-0.39, 0.29) is 5.78 Å². The molecular weight excluding hydrogens is 328 g/mol. The van der Waals surface area contributed by atoms with Crippen molar-refractivity contribution in [1.82, 2.24) is 19.8 Å². The fourth-order valence-corrected chi connectivity index (χ4v) is 2.59. The SMILES string of the molecule is CC(=O)c1ccc(Oc2ccc3nnc(-c4ccc(C)cc4)n3n2)cc1. The molecule has 2 aromatic heterocycles. The van der Waals surface area contributed by atoms with Gasteiger partial charge in [-0.3, -0.25) is 4.79 Å². The van der Waals surface area contributed by atoms with Crippen LogP contribution in [-0.2, 0) is 0 Å². The van der Waals surface area contributed by atoms with Gasteiger partial charge in [-0.05, 0) is 44.2 Å². The molecule has 0 atom stereocenters. The standard InChI is InChI=1S/C20H16N4O2/c1-13-3-5-16(6-4-13)20-22-21-18-11-12-19(23-24(18)20)26-17-9-7-15(8-10-17)14(2)25/h3-12H,1-2H3. The third-order valence-corrected chi connectivity index (χ3v) is 4.03. The van der Waals surface area contributed by atoms with E-state index < -0.39 is 0 Å². The van der Waals surface area contributed by atoms with Gasteiger partial charge in [0.25, 0.3) is 0 Å². The fourth-order valence-electron chi connectivity index (χ4n) is 2.59. The Balaban J connectivity index is 1.67. The van der Waals surface area contributed by atoms with Gasteiger partial charge in [0.1, 0.15) is 5.75 Å². The van der Waals surface area contributed by atoms with Gasteiger partial charge in [0.2, 0.25) is 5.88 Å². The summed E-state index contributed by atoms with van der Waals surface area (Å²) in [7, 11) is 0. The summed E-state index contributed by atoms with van der Waals surface area (Å²) in [6.45, 7) is 3.57. The Hall–Kier alpha value is -3.54. The van der Waals surface area contributed by atoms with Gasteiger partial charge in [0.15, 0.2) is 17.3 Å². The summed E-state index contributed by atoms with van der Waals surface area (Å²) >= 11 is 0. The van der Waals surface area contributed by atoms with Gasteiger partial charge in [0.05, 0.1) is 0 Å². The lowest BCUT2D eigenvalue weighted by Crippen LogP contribution is -1.98. The Kier molecular flexibility index (Phi) is 3.93. The summed E-state index contributed by atoms with van der Waals surface area (Å²) in [4.78, 5) is 11.4. The first kappa shape index (κ1) is 16.0. The highest BCUT2D eigenvalue weighted by molar-refractivity contribution is 5.94. The smallest absolute Gasteiger partial charge is 0.237 e. The maximum absolute atomic E-state index is 11.4. The maximum Gasteiger partial charge on any atom is 0.237 e. The van der Waals surface area contributed by atoms with E-state index in [9.17, 15) is 4.79 Å². The minimum Gasteiger partial charge on any atom is -0.438 e. The van der Waals surface area contributed by atoms with Crippen molar-refractivity contribution < 1.29 is 9.53 Å². The van der Waals surface area contributed by atoms with Crippen LogP contribution < -0.4 is 4.74 Å². The van der Waals surface area contributed by atoms with Gasteiger partial charge in [0, 0.05) is 17.2 Å². The zero-order valence-electron chi connectivity index (χ0n) is 14.4. The number of aryl methyl sites for hydroxylation is 1. The predicted molar refractivity (Wildman–Crippen MR) is 97.5 cm³/mol. The third kappa shape index (κ3) is 3.04. The molecule has 0 aliphatic heterocycles. The number of ether oxygens (including phenoxy) is 1.